The lowest BCUT2D eigenvalue weighted by Crippen LogP contribution is -2.29. The fraction of sp³-hybridized carbons (Fsp3) is 0.150. The number of hydrogen-bond donors (Lipinski definition) is 1. The lowest BCUT2D eigenvalue weighted by molar-refractivity contribution is -0.107. The highest BCUT2D eigenvalue weighted by Crippen LogP contribution is 2.34. The minimum Gasteiger partial charge on any atom is -0.508 e. The zero-order chi connectivity index (χ0) is 16.9. The van der Waals surface area contributed by atoms with Gasteiger partial charge in [0, 0.05) is 5.56 Å². The van der Waals surface area contributed by atoms with Crippen LogP contribution in [0.4, 0.5) is 0 Å². The number of nitrogens with zero attached hydrogens (tertiary/aromatic N) is 1. The van der Waals surface area contributed by atoms with Gasteiger partial charge in [-0.15, -0.1) is 5.06 Å². The molecule has 24 heavy (non-hydrogen) atoms. The van der Waals surface area contributed by atoms with Crippen molar-refractivity contribution in [3.05, 3.63) is 83.4 Å². The number of aromatic hydroxyl groups is 1. The van der Waals surface area contributed by atoms with Crippen LogP contribution < -0.4 is 0 Å². The van der Waals surface area contributed by atoms with Gasteiger partial charge in [0.15, 0.2) is 12.0 Å². The first-order valence-electron chi connectivity index (χ1n) is 7.83. The van der Waals surface area contributed by atoms with Crippen LogP contribution in [0.2, 0.25) is 0 Å². The molecule has 0 saturated carbocycles. The Labute approximate surface area is 141 Å². The Hall–Kier alpha value is -2.85. The van der Waals surface area contributed by atoms with Crippen molar-refractivity contribution >= 4 is 12.0 Å². The first-order chi connectivity index (χ1) is 11.7. The van der Waals surface area contributed by atoms with Crippen LogP contribution in [0.15, 0.2) is 72.3 Å². The van der Waals surface area contributed by atoms with Crippen molar-refractivity contribution in [2.75, 3.05) is 0 Å². The second kappa shape index (κ2) is 7.15. The molecule has 1 atom stereocenters. The fourth-order valence-electron chi connectivity index (χ4n) is 2.74. The summed E-state index contributed by atoms with van der Waals surface area (Å²) in [5, 5.41) is 11.2. The van der Waals surface area contributed by atoms with Gasteiger partial charge in [0.1, 0.15) is 5.75 Å². The van der Waals surface area contributed by atoms with Crippen molar-refractivity contribution < 1.29 is 14.7 Å². The van der Waals surface area contributed by atoms with Crippen molar-refractivity contribution in [2.45, 2.75) is 19.5 Å². The topological polar surface area (TPSA) is 49.8 Å². The number of allylic oxidation sites excluding steroid dienone is 1. The number of phenols is 1. The van der Waals surface area contributed by atoms with Gasteiger partial charge in [0.05, 0.1) is 18.2 Å². The molecule has 2 aromatic rings. The molecule has 1 heterocycles. The smallest absolute Gasteiger partial charge is 0.163 e. The maximum atomic E-state index is 11.7. The lowest BCUT2D eigenvalue weighted by Gasteiger charge is -2.21. The van der Waals surface area contributed by atoms with E-state index in [1.807, 2.05) is 61.5 Å². The average molecular weight is 321 g/mol. The molecule has 4 heteroatoms. The third-order valence-corrected chi connectivity index (χ3v) is 3.91. The van der Waals surface area contributed by atoms with Crippen molar-refractivity contribution in [3.8, 4) is 5.75 Å². The van der Waals surface area contributed by atoms with Gasteiger partial charge < -0.3 is 9.94 Å². The first kappa shape index (κ1) is 16.0. The Morgan fingerprint density at radius 1 is 1.12 bits per heavy atom. The number of aldehydes is 1. The molecule has 0 aromatic heterocycles. The number of hydrogen-bond acceptors (Lipinski definition) is 4. The van der Waals surface area contributed by atoms with Gasteiger partial charge in [0.25, 0.3) is 0 Å². The number of hydroxylamine groups is 2. The SMILES string of the molecule is C/C=C/C1C(C=O)=C(c2ccccc2)ON1Cc1ccc(O)cc1. The van der Waals surface area contributed by atoms with Crippen molar-refractivity contribution in [3.63, 3.8) is 0 Å². The molecule has 2 aromatic carbocycles. The zero-order valence-corrected chi connectivity index (χ0v) is 13.4. The third kappa shape index (κ3) is 3.24. The molecule has 0 bridgehead atoms. The monoisotopic (exact) mass is 321 g/mol. The van der Waals surface area contributed by atoms with Gasteiger partial charge in [-0.3, -0.25) is 4.79 Å². The van der Waals surface area contributed by atoms with Gasteiger partial charge in [0.2, 0.25) is 0 Å². The van der Waals surface area contributed by atoms with Gasteiger partial charge in [-0.1, -0.05) is 54.6 Å². The van der Waals surface area contributed by atoms with Gasteiger partial charge in [-0.2, -0.15) is 0 Å². The van der Waals surface area contributed by atoms with Crippen molar-refractivity contribution in [1.82, 2.24) is 5.06 Å². The maximum absolute atomic E-state index is 11.7. The minimum absolute atomic E-state index is 0.225. The second-order valence-corrected chi connectivity index (χ2v) is 5.57. The highest BCUT2D eigenvalue weighted by Gasteiger charge is 2.33. The van der Waals surface area contributed by atoms with E-state index in [9.17, 15) is 9.90 Å². The van der Waals surface area contributed by atoms with Crippen LogP contribution in [-0.4, -0.2) is 22.5 Å². The summed E-state index contributed by atoms with van der Waals surface area (Å²) in [6.45, 7) is 2.42. The molecule has 1 N–H and O–H groups in total. The van der Waals surface area contributed by atoms with Crippen LogP contribution >= 0.6 is 0 Å². The van der Waals surface area contributed by atoms with Crippen LogP contribution in [0.25, 0.3) is 5.76 Å². The van der Waals surface area contributed by atoms with Crippen LogP contribution in [0.1, 0.15) is 18.1 Å². The standard InChI is InChI=1S/C20H19NO3/c1-2-6-19-18(14-22)20(16-7-4-3-5-8-16)24-21(19)13-15-9-11-17(23)12-10-15/h2-12,14,19,23H,13H2,1H3/b6-2+. The molecule has 3 rings (SSSR count). The predicted octanol–water partition coefficient (Wildman–Crippen LogP) is 3.69. The van der Waals surface area contributed by atoms with Crippen LogP contribution in [0, 0.1) is 0 Å². The molecule has 0 radical (unpaired) electrons. The number of phenolic OH excluding ortho intramolecular Hbond substituents is 1. The minimum atomic E-state index is -0.239. The Balaban J connectivity index is 1.92. The zero-order valence-electron chi connectivity index (χ0n) is 13.4. The van der Waals surface area contributed by atoms with Crippen LogP contribution in [0.3, 0.4) is 0 Å². The second-order valence-electron chi connectivity index (χ2n) is 5.57. The molecule has 0 aliphatic carbocycles. The summed E-state index contributed by atoms with van der Waals surface area (Å²) >= 11 is 0. The number of rotatable bonds is 5. The van der Waals surface area contributed by atoms with Crippen molar-refractivity contribution in [2.24, 2.45) is 0 Å². The van der Waals surface area contributed by atoms with E-state index in [4.69, 9.17) is 4.84 Å². The van der Waals surface area contributed by atoms with E-state index in [1.54, 1.807) is 17.2 Å². The Kier molecular flexibility index (Phi) is 4.77. The molecule has 122 valence electrons. The average Bonchev–Trinajstić information content (AvgIpc) is 2.95. The Morgan fingerprint density at radius 3 is 2.46 bits per heavy atom. The predicted molar refractivity (Wildman–Crippen MR) is 92.8 cm³/mol. The summed E-state index contributed by atoms with van der Waals surface area (Å²) in [4.78, 5) is 17.7. The van der Waals surface area contributed by atoms with Gasteiger partial charge >= 0.3 is 0 Å². The Bertz CT molecular complexity index is 763. The Morgan fingerprint density at radius 2 is 1.83 bits per heavy atom. The van der Waals surface area contributed by atoms with Crippen LogP contribution in [-0.2, 0) is 16.2 Å². The molecular weight excluding hydrogens is 302 g/mol. The molecule has 1 unspecified atom stereocenters. The van der Waals surface area contributed by atoms with Gasteiger partial charge in [-0.25, -0.2) is 0 Å². The number of carbonyl (C=O) groups is 1. The molecule has 0 amide bonds. The number of carbonyl (C=O) groups excluding carboxylic acids is 1. The van der Waals surface area contributed by atoms with E-state index in [0.717, 1.165) is 17.4 Å². The van der Waals surface area contributed by atoms with Crippen LogP contribution in [0.5, 0.6) is 5.75 Å². The van der Waals surface area contributed by atoms with Gasteiger partial charge in [-0.05, 0) is 24.6 Å². The molecule has 0 fully saturated rings. The third-order valence-electron chi connectivity index (χ3n) is 3.91. The van der Waals surface area contributed by atoms with Crippen molar-refractivity contribution in [1.29, 1.82) is 0 Å². The molecule has 4 nitrogen and oxygen atoms in total. The summed E-state index contributed by atoms with van der Waals surface area (Å²) in [5.74, 6) is 0.815. The van der Waals surface area contributed by atoms with E-state index in [-0.39, 0.29) is 11.8 Å². The number of benzene rings is 2. The summed E-state index contributed by atoms with van der Waals surface area (Å²) < 4.78 is 0. The van der Waals surface area contributed by atoms with E-state index >= 15 is 0 Å². The molecule has 1 aliphatic rings. The van der Waals surface area contributed by atoms with E-state index in [2.05, 4.69) is 0 Å². The highest BCUT2D eigenvalue weighted by atomic mass is 16.7. The largest absolute Gasteiger partial charge is 0.508 e. The summed E-state index contributed by atoms with van der Waals surface area (Å²) in [7, 11) is 0. The summed E-state index contributed by atoms with van der Waals surface area (Å²) in [6, 6.07) is 16.3. The molecule has 0 saturated heterocycles. The summed E-state index contributed by atoms with van der Waals surface area (Å²) in [6.07, 6.45) is 4.72. The normalized spacial score (nSPS) is 18.1. The lowest BCUT2D eigenvalue weighted by atomic mass is 10.0. The first-order valence-corrected chi connectivity index (χ1v) is 7.83. The van der Waals surface area contributed by atoms with E-state index in [0.29, 0.717) is 17.9 Å². The summed E-state index contributed by atoms with van der Waals surface area (Å²) in [5.41, 5.74) is 2.47. The maximum Gasteiger partial charge on any atom is 0.163 e. The van der Waals surface area contributed by atoms with E-state index < -0.39 is 0 Å². The molecule has 0 spiro atoms. The quantitative estimate of drug-likeness (QED) is 0.674. The highest BCUT2D eigenvalue weighted by molar-refractivity contribution is 5.89. The fourth-order valence-corrected chi connectivity index (χ4v) is 2.74. The molecule has 1 aliphatic heterocycles. The molecular formula is C20H19NO3. The van der Waals surface area contributed by atoms with E-state index in [1.165, 1.54) is 0 Å².